The molecule has 1 fully saturated rings. The summed E-state index contributed by atoms with van der Waals surface area (Å²) >= 11 is 0. The van der Waals surface area contributed by atoms with Crippen molar-refractivity contribution in [3.05, 3.63) is 29.6 Å². The van der Waals surface area contributed by atoms with Crippen LogP contribution >= 0.6 is 24.0 Å². The van der Waals surface area contributed by atoms with Gasteiger partial charge in [-0.25, -0.2) is 13.2 Å². The van der Waals surface area contributed by atoms with E-state index in [-0.39, 0.29) is 30.5 Å². The number of rotatable bonds is 4. The molecule has 5 nitrogen and oxygen atoms in total. The first-order valence-electron chi connectivity index (χ1n) is 8.31. The molecule has 26 heavy (non-hydrogen) atoms. The Bertz CT molecular complexity index is 649. The van der Waals surface area contributed by atoms with Crippen molar-refractivity contribution in [2.75, 3.05) is 18.9 Å². The maximum absolute atomic E-state index is 13.5. The summed E-state index contributed by atoms with van der Waals surface area (Å²) in [6.45, 7) is 2.05. The van der Waals surface area contributed by atoms with Crippen LogP contribution in [-0.4, -0.2) is 31.5 Å². The topological polar surface area (TPSA) is 65.5 Å². The van der Waals surface area contributed by atoms with Crippen LogP contribution < -0.4 is 16.0 Å². The summed E-state index contributed by atoms with van der Waals surface area (Å²) in [5, 5.41) is 8.28. The summed E-state index contributed by atoms with van der Waals surface area (Å²) in [5.74, 6) is -3.74. The first-order valence-corrected chi connectivity index (χ1v) is 8.31. The van der Waals surface area contributed by atoms with Crippen LogP contribution in [0.3, 0.4) is 0 Å². The minimum absolute atomic E-state index is 0. The number of guanidine groups is 1. The zero-order valence-electron chi connectivity index (χ0n) is 14.7. The Hall–Kier alpha value is -1.52. The van der Waals surface area contributed by atoms with E-state index in [1.165, 1.54) is 0 Å². The molecule has 0 aromatic heterocycles. The Morgan fingerprint density at radius 3 is 2.42 bits per heavy atom. The molecular formula is C17H24F3IN4O. The van der Waals surface area contributed by atoms with E-state index in [1.807, 2.05) is 0 Å². The zero-order chi connectivity index (χ0) is 18.4. The Morgan fingerprint density at radius 2 is 1.81 bits per heavy atom. The highest BCUT2D eigenvalue weighted by Gasteiger charge is 2.19. The summed E-state index contributed by atoms with van der Waals surface area (Å²) in [6.07, 6.45) is 4.36. The molecular weight excluding hydrogens is 460 g/mol. The number of hydrogen-bond donors (Lipinski definition) is 3. The van der Waals surface area contributed by atoms with E-state index in [0.29, 0.717) is 12.0 Å². The number of carbonyl (C=O) groups excluding carboxylic acids is 1. The van der Waals surface area contributed by atoms with E-state index in [9.17, 15) is 18.0 Å². The molecule has 0 saturated heterocycles. The standard InChI is InChI=1S/C17H23F3N4O.HI/c1-10-3-5-11(6-4-10)23-17(21-2)22-9-14(25)24-13-8-7-12(18)15(19)16(13)20;/h7-8,10-11H,3-6,9H2,1-2H3,(H,24,25)(H2,21,22,23);1H. The molecule has 3 N–H and O–H groups in total. The molecule has 1 amide bonds. The van der Waals surface area contributed by atoms with Gasteiger partial charge < -0.3 is 16.0 Å². The Morgan fingerprint density at radius 1 is 1.15 bits per heavy atom. The fraction of sp³-hybridized carbons (Fsp3) is 0.529. The molecule has 1 aliphatic carbocycles. The summed E-state index contributed by atoms with van der Waals surface area (Å²) in [4.78, 5) is 15.9. The second kappa shape index (κ2) is 10.6. The van der Waals surface area contributed by atoms with Crippen molar-refractivity contribution >= 4 is 41.5 Å². The van der Waals surface area contributed by atoms with Crippen LogP contribution in [0.2, 0.25) is 0 Å². The lowest BCUT2D eigenvalue weighted by Gasteiger charge is -2.28. The van der Waals surface area contributed by atoms with E-state index in [4.69, 9.17) is 0 Å². The van der Waals surface area contributed by atoms with Gasteiger partial charge in [0.05, 0.1) is 12.2 Å². The summed E-state index contributed by atoms with van der Waals surface area (Å²) in [5.41, 5.74) is -0.407. The molecule has 0 spiro atoms. The van der Waals surface area contributed by atoms with Gasteiger partial charge in [0.1, 0.15) is 0 Å². The van der Waals surface area contributed by atoms with E-state index in [2.05, 4.69) is 27.9 Å². The summed E-state index contributed by atoms with van der Waals surface area (Å²) in [6, 6.07) is 2.03. The lowest BCUT2D eigenvalue weighted by molar-refractivity contribution is -0.115. The van der Waals surface area contributed by atoms with E-state index >= 15 is 0 Å². The van der Waals surface area contributed by atoms with Gasteiger partial charge in [0.2, 0.25) is 5.91 Å². The fourth-order valence-corrected chi connectivity index (χ4v) is 2.77. The van der Waals surface area contributed by atoms with Crippen molar-refractivity contribution in [3.8, 4) is 0 Å². The van der Waals surface area contributed by atoms with Gasteiger partial charge in [0, 0.05) is 13.1 Å². The van der Waals surface area contributed by atoms with Crippen LogP contribution in [-0.2, 0) is 4.79 Å². The van der Waals surface area contributed by atoms with Crippen molar-refractivity contribution in [2.45, 2.75) is 38.6 Å². The number of anilines is 1. The quantitative estimate of drug-likeness (QED) is 0.266. The van der Waals surface area contributed by atoms with Gasteiger partial charge >= 0.3 is 0 Å². The Kier molecular flexibility index (Phi) is 9.17. The van der Waals surface area contributed by atoms with Crippen LogP contribution in [0.5, 0.6) is 0 Å². The van der Waals surface area contributed by atoms with Crippen LogP contribution in [0.15, 0.2) is 17.1 Å². The zero-order valence-corrected chi connectivity index (χ0v) is 17.1. The number of aliphatic imine (C=N–C) groups is 1. The minimum atomic E-state index is -1.62. The van der Waals surface area contributed by atoms with Gasteiger partial charge in [-0.1, -0.05) is 6.92 Å². The first-order chi connectivity index (χ1) is 11.9. The van der Waals surface area contributed by atoms with Gasteiger partial charge in [-0.05, 0) is 43.7 Å². The number of amides is 1. The van der Waals surface area contributed by atoms with Gasteiger partial charge in [0.25, 0.3) is 0 Å². The number of hydrogen-bond acceptors (Lipinski definition) is 2. The molecule has 0 heterocycles. The average molecular weight is 484 g/mol. The third-order valence-electron chi connectivity index (χ3n) is 4.31. The van der Waals surface area contributed by atoms with Gasteiger partial charge in [0.15, 0.2) is 23.4 Å². The van der Waals surface area contributed by atoms with Crippen LogP contribution in [0.4, 0.5) is 18.9 Å². The van der Waals surface area contributed by atoms with Gasteiger partial charge in [-0.15, -0.1) is 24.0 Å². The van der Waals surface area contributed by atoms with Crippen LogP contribution in [0.25, 0.3) is 0 Å². The van der Waals surface area contributed by atoms with E-state index in [1.54, 1.807) is 7.05 Å². The molecule has 0 aliphatic heterocycles. The molecule has 1 aromatic carbocycles. The van der Waals surface area contributed by atoms with Crippen molar-refractivity contribution in [2.24, 2.45) is 10.9 Å². The van der Waals surface area contributed by atoms with Crippen LogP contribution in [0, 0.1) is 23.4 Å². The highest BCUT2D eigenvalue weighted by molar-refractivity contribution is 14.0. The highest BCUT2D eigenvalue weighted by Crippen LogP contribution is 2.23. The largest absolute Gasteiger partial charge is 0.354 e. The number of carbonyl (C=O) groups is 1. The summed E-state index contributed by atoms with van der Waals surface area (Å²) in [7, 11) is 1.59. The molecule has 0 unspecified atom stereocenters. The van der Waals surface area contributed by atoms with Crippen molar-refractivity contribution in [1.82, 2.24) is 10.6 Å². The molecule has 1 aliphatic rings. The minimum Gasteiger partial charge on any atom is -0.354 e. The van der Waals surface area contributed by atoms with Gasteiger partial charge in [-0.2, -0.15) is 0 Å². The second-order valence-corrected chi connectivity index (χ2v) is 6.30. The average Bonchev–Trinajstić information content (AvgIpc) is 2.60. The monoisotopic (exact) mass is 484 g/mol. The molecule has 146 valence electrons. The predicted molar refractivity (Wildman–Crippen MR) is 106 cm³/mol. The van der Waals surface area contributed by atoms with E-state index < -0.39 is 29.0 Å². The van der Waals surface area contributed by atoms with Crippen molar-refractivity contribution in [3.63, 3.8) is 0 Å². The lowest BCUT2D eigenvalue weighted by atomic mass is 9.87. The normalized spacial score (nSPS) is 20.1. The Labute approximate surface area is 168 Å². The highest BCUT2D eigenvalue weighted by atomic mass is 127. The molecule has 1 aromatic rings. The molecule has 0 atom stereocenters. The van der Waals surface area contributed by atoms with Crippen LogP contribution in [0.1, 0.15) is 32.6 Å². The van der Waals surface area contributed by atoms with Gasteiger partial charge in [-0.3, -0.25) is 9.79 Å². The molecule has 0 radical (unpaired) electrons. The second-order valence-electron chi connectivity index (χ2n) is 6.30. The smallest absolute Gasteiger partial charge is 0.243 e. The maximum atomic E-state index is 13.5. The summed E-state index contributed by atoms with van der Waals surface area (Å²) < 4.78 is 39.6. The molecule has 1 saturated carbocycles. The molecule has 9 heteroatoms. The van der Waals surface area contributed by atoms with Crippen molar-refractivity contribution < 1.29 is 18.0 Å². The third kappa shape index (κ3) is 6.33. The number of halogens is 4. The molecule has 2 rings (SSSR count). The number of benzene rings is 1. The predicted octanol–water partition coefficient (Wildman–Crippen LogP) is 3.40. The maximum Gasteiger partial charge on any atom is 0.243 e. The number of nitrogens with zero attached hydrogens (tertiary/aromatic N) is 1. The number of nitrogens with one attached hydrogen (secondary N) is 3. The third-order valence-corrected chi connectivity index (χ3v) is 4.31. The Balaban J connectivity index is 0.00000338. The SMILES string of the molecule is CN=C(NCC(=O)Nc1ccc(F)c(F)c1F)NC1CCC(C)CC1.I. The molecule has 0 bridgehead atoms. The first kappa shape index (κ1) is 22.5. The lowest BCUT2D eigenvalue weighted by Crippen LogP contribution is -2.46. The fourth-order valence-electron chi connectivity index (χ4n) is 2.77. The van der Waals surface area contributed by atoms with Crippen molar-refractivity contribution in [1.29, 1.82) is 0 Å². The van der Waals surface area contributed by atoms with E-state index in [0.717, 1.165) is 43.7 Å².